The Kier molecular flexibility index (Phi) is 3.85. The first kappa shape index (κ1) is 14.3. The van der Waals surface area contributed by atoms with Crippen molar-refractivity contribution in [2.75, 3.05) is 17.2 Å². The molecule has 1 aliphatic rings. The summed E-state index contributed by atoms with van der Waals surface area (Å²) in [6, 6.07) is 8.37. The molecule has 0 atom stereocenters. The Labute approximate surface area is 130 Å². The molecule has 0 aromatic heterocycles. The Hall–Kier alpha value is -1.62. The normalized spacial score (nSPS) is 14.1. The third-order valence-electron chi connectivity index (χ3n) is 3.81. The van der Waals surface area contributed by atoms with Crippen molar-refractivity contribution in [1.82, 2.24) is 0 Å². The first-order valence-corrected chi connectivity index (χ1v) is 7.61. The van der Waals surface area contributed by atoms with Crippen LogP contribution in [0, 0.1) is 11.6 Å². The first-order chi connectivity index (χ1) is 10.1. The molecule has 21 heavy (non-hydrogen) atoms. The summed E-state index contributed by atoms with van der Waals surface area (Å²) in [6.07, 6.45) is 1.90. The number of anilines is 2. The topological polar surface area (TPSA) is 29.3 Å². The molecule has 0 fully saturated rings. The quantitative estimate of drug-likeness (QED) is 0.646. The van der Waals surface area contributed by atoms with E-state index < -0.39 is 11.6 Å². The van der Waals surface area contributed by atoms with Crippen LogP contribution in [-0.2, 0) is 13.0 Å². The number of rotatable bonds is 2. The van der Waals surface area contributed by atoms with Crippen molar-refractivity contribution in [1.29, 1.82) is 0 Å². The lowest BCUT2D eigenvalue weighted by Gasteiger charge is -2.31. The molecule has 0 saturated carbocycles. The third kappa shape index (κ3) is 2.75. The van der Waals surface area contributed by atoms with Gasteiger partial charge in [0.05, 0.1) is 4.47 Å². The van der Waals surface area contributed by atoms with Crippen LogP contribution >= 0.6 is 15.9 Å². The number of aryl methyl sites for hydroxylation is 1. The molecule has 0 spiro atoms. The highest BCUT2D eigenvalue weighted by atomic mass is 79.9. The van der Waals surface area contributed by atoms with Gasteiger partial charge in [0.25, 0.3) is 0 Å². The van der Waals surface area contributed by atoms with Gasteiger partial charge in [-0.3, -0.25) is 0 Å². The van der Waals surface area contributed by atoms with Crippen molar-refractivity contribution in [2.24, 2.45) is 0 Å². The fraction of sp³-hybridized carbons (Fsp3) is 0.250. The monoisotopic (exact) mass is 352 g/mol. The molecule has 0 aliphatic carbocycles. The van der Waals surface area contributed by atoms with Crippen LogP contribution in [0.15, 0.2) is 34.8 Å². The van der Waals surface area contributed by atoms with Crippen LogP contribution in [-0.4, -0.2) is 6.54 Å². The highest BCUT2D eigenvalue weighted by Gasteiger charge is 2.21. The number of benzene rings is 2. The Morgan fingerprint density at radius 1 is 1.19 bits per heavy atom. The summed E-state index contributed by atoms with van der Waals surface area (Å²) in [5.41, 5.74) is 8.76. The molecular weight excluding hydrogens is 338 g/mol. The van der Waals surface area contributed by atoms with Crippen LogP contribution in [0.2, 0.25) is 0 Å². The van der Waals surface area contributed by atoms with E-state index in [4.69, 9.17) is 5.73 Å². The van der Waals surface area contributed by atoms with Gasteiger partial charge in [-0.25, -0.2) is 8.78 Å². The molecule has 2 aromatic rings. The average molecular weight is 353 g/mol. The number of nitrogens with zero attached hydrogens (tertiary/aromatic N) is 1. The fourth-order valence-electron chi connectivity index (χ4n) is 2.76. The van der Waals surface area contributed by atoms with Crippen LogP contribution in [0.5, 0.6) is 0 Å². The summed E-state index contributed by atoms with van der Waals surface area (Å²) < 4.78 is 28.3. The molecule has 2 aromatic carbocycles. The zero-order valence-corrected chi connectivity index (χ0v) is 13.0. The largest absolute Gasteiger partial charge is 0.399 e. The number of hydrogen-bond donors (Lipinski definition) is 1. The summed E-state index contributed by atoms with van der Waals surface area (Å²) in [5, 5.41) is 0. The van der Waals surface area contributed by atoms with E-state index in [-0.39, 0.29) is 16.6 Å². The van der Waals surface area contributed by atoms with Crippen LogP contribution in [0.3, 0.4) is 0 Å². The maximum Gasteiger partial charge on any atom is 0.145 e. The van der Waals surface area contributed by atoms with Crippen molar-refractivity contribution in [2.45, 2.75) is 19.4 Å². The second-order valence-corrected chi connectivity index (χ2v) is 6.09. The summed E-state index contributed by atoms with van der Waals surface area (Å²) >= 11 is 3.11. The van der Waals surface area contributed by atoms with Gasteiger partial charge in [-0.15, -0.1) is 0 Å². The molecule has 1 heterocycles. The summed E-state index contributed by atoms with van der Waals surface area (Å²) in [6.45, 7) is 0.996. The van der Waals surface area contributed by atoms with Crippen LogP contribution in [0.4, 0.5) is 20.2 Å². The zero-order valence-electron chi connectivity index (χ0n) is 11.4. The SMILES string of the molecule is Nc1ccc2c(c1)CCCN2Cc1c(F)ccc(Br)c1F. The van der Waals surface area contributed by atoms with Gasteiger partial charge in [0, 0.05) is 30.0 Å². The van der Waals surface area contributed by atoms with Crippen molar-refractivity contribution in [3.05, 3.63) is 57.6 Å². The van der Waals surface area contributed by atoms with E-state index in [1.54, 1.807) is 0 Å². The zero-order chi connectivity index (χ0) is 15.0. The number of halogens is 3. The van der Waals surface area contributed by atoms with Gasteiger partial charge < -0.3 is 10.6 Å². The Bertz CT molecular complexity index is 688. The second-order valence-electron chi connectivity index (χ2n) is 5.24. The Balaban J connectivity index is 1.96. The predicted molar refractivity (Wildman–Crippen MR) is 84.3 cm³/mol. The molecule has 3 rings (SSSR count). The number of hydrogen-bond acceptors (Lipinski definition) is 2. The molecule has 0 unspecified atom stereocenters. The van der Waals surface area contributed by atoms with E-state index in [2.05, 4.69) is 15.9 Å². The summed E-state index contributed by atoms with van der Waals surface area (Å²) in [5.74, 6) is -1.05. The molecule has 0 radical (unpaired) electrons. The summed E-state index contributed by atoms with van der Waals surface area (Å²) in [7, 11) is 0. The van der Waals surface area contributed by atoms with E-state index in [9.17, 15) is 8.78 Å². The van der Waals surface area contributed by atoms with Crippen molar-refractivity contribution < 1.29 is 8.78 Å². The smallest absolute Gasteiger partial charge is 0.145 e. The van der Waals surface area contributed by atoms with Crippen molar-refractivity contribution in [3.63, 3.8) is 0 Å². The first-order valence-electron chi connectivity index (χ1n) is 6.82. The van der Waals surface area contributed by atoms with Gasteiger partial charge in [0.15, 0.2) is 0 Å². The molecular formula is C16H15BrF2N2. The maximum absolute atomic E-state index is 14.1. The molecule has 5 heteroatoms. The maximum atomic E-state index is 14.1. The van der Waals surface area contributed by atoms with Gasteiger partial charge in [-0.1, -0.05) is 0 Å². The fourth-order valence-corrected chi connectivity index (χ4v) is 3.14. The molecule has 0 saturated heterocycles. The van der Waals surface area contributed by atoms with Gasteiger partial charge >= 0.3 is 0 Å². The van der Waals surface area contributed by atoms with Gasteiger partial charge in [-0.05, 0) is 64.7 Å². The minimum atomic E-state index is -0.530. The van der Waals surface area contributed by atoms with Crippen molar-refractivity contribution in [3.8, 4) is 0 Å². The van der Waals surface area contributed by atoms with Gasteiger partial charge in [0.1, 0.15) is 11.6 Å². The number of nitrogens with two attached hydrogens (primary N) is 1. The predicted octanol–water partition coefficient (Wildman–Crippen LogP) is 4.26. The third-order valence-corrected chi connectivity index (χ3v) is 4.42. The molecule has 2 nitrogen and oxygen atoms in total. The molecule has 1 aliphatic heterocycles. The van der Waals surface area contributed by atoms with E-state index in [1.807, 2.05) is 23.1 Å². The number of fused-ring (bicyclic) bond motifs is 1. The minimum absolute atomic E-state index is 0.0917. The lowest BCUT2D eigenvalue weighted by molar-refractivity contribution is 0.542. The molecule has 0 bridgehead atoms. The highest BCUT2D eigenvalue weighted by Crippen LogP contribution is 2.31. The van der Waals surface area contributed by atoms with Crippen LogP contribution < -0.4 is 10.6 Å². The molecule has 110 valence electrons. The molecule has 0 amide bonds. The van der Waals surface area contributed by atoms with Crippen LogP contribution in [0.1, 0.15) is 17.5 Å². The summed E-state index contributed by atoms with van der Waals surface area (Å²) in [4.78, 5) is 2.01. The lowest BCUT2D eigenvalue weighted by atomic mass is 10.00. The minimum Gasteiger partial charge on any atom is -0.399 e. The second kappa shape index (κ2) is 5.64. The average Bonchev–Trinajstić information content (AvgIpc) is 2.47. The van der Waals surface area contributed by atoms with E-state index in [1.165, 1.54) is 12.1 Å². The Morgan fingerprint density at radius 3 is 2.81 bits per heavy atom. The number of nitrogen functional groups attached to an aromatic ring is 1. The van der Waals surface area contributed by atoms with Crippen LogP contribution in [0.25, 0.3) is 0 Å². The van der Waals surface area contributed by atoms with E-state index in [0.29, 0.717) is 0 Å². The van der Waals surface area contributed by atoms with E-state index in [0.717, 1.165) is 36.3 Å². The molecule has 2 N–H and O–H groups in total. The van der Waals surface area contributed by atoms with E-state index >= 15 is 0 Å². The highest BCUT2D eigenvalue weighted by molar-refractivity contribution is 9.10. The standard InChI is InChI=1S/C16H15BrF2N2/c17-13-4-5-14(18)12(16(13)19)9-21-7-1-2-10-8-11(20)3-6-15(10)21/h3-6,8H,1-2,7,9,20H2. The van der Waals surface area contributed by atoms with Gasteiger partial charge in [0.2, 0.25) is 0 Å². The lowest BCUT2D eigenvalue weighted by Crippen LogP contribution is -2.29. The van der Waals surface area contributed by atoms with Gasteiger partial charge in [-0.2, -0.15) is 0 Å². The van der Waals surface area contributed by atoms with Crippen molar-refractivity contribution >= 4 is 27.3 Å². The Morgan fingerprint density at radius 2 is 2.00 bits per heavy atom.